The van der Waals surface area contributed by atoms with Gasteiger partial charge >= 0.3 is 44.8 Å². The molecule has 0 aromatic rings. The molecule has 0 atom stereocenters. The van der Waals surface area contributed by atoms with Crippen LogP contribution < -0.4 is 0 Å². The Morgan fingerprint density at radius 2 is 0.435 bits per heavy atom. The standard InChI is InChI=1S/2C9H21P.2Au.S/c2*1-7(2)10(8(3)4)9(5)6;;;/h2*7-9H,1-6H3;;;/q;;2*+1;-2. The summed E-state index contributed by atoms with van der Waals surface area (Å²) in [5, 5.41) is 0. The van der Waals surface area contributed by atoms with Crippen LogP contribution in [-0.4, -0.2) is 34.0 Å². The van der Waals surface area contributed by atoms with E-state index < -0.39 is 0 Å². The van der Waals surface area contributed by atoms with Gasteiger partial charge in [-0.05, 0) is 34.0 Å². The monoisotopic (exact) mass is 746 g/mol. The van der Waals surface area contributed by atoms with Gasteiger partial charge in [-0.25, -0.2) is 0 Å². The molecule has 0 rings (SSSR count). The fourth-order valence-corrected chi connectivity index (χ4v) is 10.7. The van der Waals surface area contributed by atoms with Crippen molar-refractivity contribution in [3.05, 3.63) is 0 Å². The van der Waals surface area contributed by atoms with Crippen LogP contribution in [0.4, 0.5) is 0 Å². The molecule has 0 bridgehead atoms. The van der Waals surface area contributed by atoms with E-state index in [0.717, 1.165) is 34.0 Å². The van der Waals surface area contributed by atoms with E-state index in [1.807, 2.05) is 0 Å². The third-order valence-electron chi connectivity index (χ3n) is 3.58. The Kier molecular flexibility index (Phi) is 30.9. The van der Waals surface area contributed by atoms with Crippen molar-refractivity contribution in [2.24, 2.45) is 0 Å². The Balaban J connectivity index is -0.0000000831. The zero-order valence-electron chi connectivity index (χ0n) is 17.4. The van der Waals surface area contributed by atoms with Crippen molar-refractivity contribution in [3.63, 3.8) is 0 Å². The molecule has 0 amide bonds. The van der Waals surface area contributed by atoms with Gasteiger partial charge in [0.05, 0.1) is 0 Å². The van der Waals surface area contributed by atoms with E-state index >= 15 is 0 Å². The summed E-state index contributed by atoms with van der Waals surface area (Å²) in [5.74, 6) is 0. The van der Waals surface area contributed by atoms with Gasteiger partial charge in [0.25, 0.3) is 0 Å². The van der Waals surface area contributed by atoms with Crippen LogP contribution in [0.25, 0.3) is 0 Å². The second-order valence-electron chi connectivity index (χ2n) is 7.46. The first-order chi connectivity index (χ1) is 8.93. The van der Waals surface area contributed by atoms with Crippen LogP contribution in [0.3, 0.4) is 0 Å². The second kappa shape index (κ2) is 19.5. The van der Waals surface area contributed by atoms with Crippen LogP contribution in [0.15, 0.2) is 0 Å². The van der Waals surface area contributed by atoms with Gasteiger partial charge in [0.1, 0.15) is 0 Å². The fourth-order valence-electron chi connectivity index (χ4n) is 3.58. The van der Waals surface area contributed by atoms with Crippen LogP contribution >= 0.6 is 15.8 Å². The molecule has 0 aliphatic heterocycles. The van der Waals surface area contributed by atoms with Crippen LogP contribution in [0.2, 0.25) is 0 Å². The summed E-state index contributed by atoms with van der Waals surface area (Å²) >= 11 is 0. The van der Waals surface area contributed by atoms with E-state index in [4.69, 9.17) is 0 Å². The Labute approximate surface area is 189 Å². The number of rotatable bonds is 6. The summed E-state index contributed by atoms with van der Waals surface area (Å²) in [5.41, 5.74) is 5.39. The Morgan fingerprint density at radius 1 is 0.348 bits per heavy atom. The average Bonchev–Trinajstić information content (AvgIpc) is 2.12. The molecule has 0 N–H and O–H groups in total. The van der Waals surface area contributed by atoms with E-state index in [0.29, 0.717) is 0 Å². The minimum Gasteiger partial charge on any atom is -2.00 e. The van der Waals surface area contributed by atoms with Gasteiger partial charge in [-0.2, -0.15) is 0 Å². The number of hydrogen-bond donors (Lipinski definition) is 0. The maximum Gasteiger partial charge on any atom is 1.00 e. The topological polar surface area (TPSA) is 0 Å². The maximum absolute atomic E-state index is 2.35. The summed E-state index contributed by atoms with van der Waals surface area (Å²) in [4.78, 5) is 0. The molecule has 0 unspecified atom stereocenters. The first-order valence-electron chi connectivity index (χ1n) is 8.48. The van der Waals surface area contributed by atoms with E-state index in [1.165, 1.54) is 0 Å². The molecule has 0 fully saturated rings. The van der Waals surface area contributed by atoms with Crippen LogP contribution in [0, 0.1) is 0 Å². The molecule has 0 aliphatic carbocycles. The SMILES string of the molecule is CC(C)P(C(C)C)C(C)C.CC(C)P(C(C)C)C(C)C.[Au+].[Au+].[S-2]. The van der Waals surface area contributed by atoms with Crippen LogP contribution in [-0.2, 0) is 58.3 Å². The summed E-state index contributed by atoms with van der Waals surface area (Å²) in [6.07, 6.45) is 0. The molecule has 0 spiro atoms. The fraction of sp³-hybridized carbons (Fsp3) is 1.00. The zero-order chi connectivity index (χ0) is 16.6. The second-order valence-corrected chi connectivity index (χ2v) is 15.4. The minimum atomic E-state index is 0. The van der Waals surface area contributed by atoms with Crippen molar-refractivity contribution in [1.82, 2.24) is 0 Å². The maximum atomic E-state index is 2.35. The summed E-state index contributed by atoms with van der Waals surface area (Å²) < 4.78 is 0. The van der Waals surface area contributed by atoms with Crippen molar-refractivity contribution < 1.29 is 44.8 Å². The molecule has 0 aromatic carbocycles. The largest absolute Gasteiger partial charge is 2.00 e. The Morgan fingerprint density at radius 3 is 0.435 bits per heavy atom. The molecule has 5 heteroatoms. The van der Waals surface area contributed by atoms with E-state index in [2.05, 4.69) is 83.1 Å². The van der Waals surface area contributed by atoms with Crippen molar-refractivity contribution in [3.8, 4) is 0 Å². The van der Waals surface area contributed by atoms with Gasteiger partial charge in [0.2, 0.25) is 0 Å². The summed E-state index contributed by atoms with van der Waals surface area (Å²) in [6, 6.07) is 0. The molecular formula is C18H42Au2P2S. The predicted molar refractivity (Wildman–Crippen MR) is 112 cm³/mol. The molecule has 0 heterocycles. The third-order valence-corrected chi connectivity index (χ3v) is 10.7. The van der Waals surface area contributed by atoms with Crippen LogP contribution in [0.5, 0.6) is 0 Å². The van der Waals surface area contributed by atoms with Crippen molar-refractivity contribution in [2.45, 2.75) is 117 Å². The molecule has 152 valence electrons. The van der Waals surface area contributed by atoms with Crippen LogP contribution in [0.1, 0.15) is 83.1 Å². The summed E-state index contributed by atoms with van der Waals surface area (Å²) in [7, 11) is 0.525. The van der Waals surface area contributed by atoms with Gasteiger partial charge in [0.15, 0.2) is 0 Å². The van der Waals surface area contributed by atoms with Crippen molar-refractivity contribution >= 4 is 29.3 Å². The van der Waals surface area contributed by atoms with Gasteiger partial charge in [0, 0.05) is 0 Å². The quantitative estimate of drug-likeness (QED) is 0.197. The van der Waals surface area contributed by atoms with Crippen molar-refractivity contribution in [1.29, 1.82) is 0 Å². The normalized spacial score (nSPS) is 11.0. The Bertz CT molecular complexity index is 171. The molecular weight excluding hydrogens is 704 g/mol. The molecule has 23 heavy (non-hydrogen) atoms. The predicted octanol–water partition coefficient (Wildman–Crippen LogP) is 7.38. The molecule has 0 nitrogen and oxygen atoms in total. The molecule has 0 radical (unpaired) electrons. The summed E-state index contributed by atoms with van der Waals surface area (Å²) in [6.45, 7) is 28.2. The van der Waals surface area contributed by atoms with Gasteiger partial charge in [-0.3, -0.25) is 0 Å². The molecule has 0 saturated carbocycles. The zero-order valence-corrected chi connectivity index (χ0v) is 24.3. The van der Waals surface area contributed by atoms with E-state index in [9.17, 15) is 0 Å². The average molecular weight is 746 g/mol. The van der Waals surface area contributed by atoms with Gasteiger partial charge in [-0.1, -0.05) is 98.9 Å². The Hall–Kier alpha value is 2.69. The van der Waals surface area contributed by atoms with Crippen molar-refractivity contribution in [2.75, 3.05) is 0 Å². The molecule has 0 saturated heterocycles. The smallest absolute Gasteiger partial charge is 1.00 e. The van der Waals surface area contributed by atoms with E-state index in [-0.39, 0.29) is 74.1 Å². The first-order valence-corrected chi connectivity index (χ1v) is 11.6. The molecule has 0 aromatic heterocycles. The number of hydrogen-bond acceptors (Lipinski definition) is 0. The first kappa shape index (κ1) is 36.6. The van der Waals surface area contributed by atoms with Gasteiger partial charge in [-0.15, -0.1) is 0 Å². The van der Waals surface area contributed by atoms with Gasteiger partial charge < -0.3 is 13.5 Å². The van der Waals surface area contributed by atoms with E-state index in [1.54, 1.807) is 0 Å². The minimum absolute atomic E-state index is 0. The third kappa shape index (κ3) is 17.8. The molecule has 0 aliphatic rings.